The van der Waals surface area contributed by atoms with E-state index in [0.717, 1.165) is 39.1 Å². The van der Waals surface area contributed by atoms with E-state index < -0.39 is 0 Å². The molecular formula is C13H25N3O. The summed E-state index contributed by atoms with van der Waals surface area (Å²) in [5.41, 5.74) is 6.21. The van der Waals surface area contributed by atoms with Gasteiger partial charge in [0, 0.05) is 33.1 Å². The largest absolute Gasteiger partial charge is 0.342 e. The molecule has 0 unspecified atom stereocenters. The second-order valence-electron chi connectivity index (χ2n) is 5.67. The van der Waals surface area contributed by atoms with Crippen molar-refractivity contribution in [1.29, 1.82) is 0 Å². The molecule has 1 amide bonds. The van der Waals surface area contributed by atoms with Crippen molar-refractivity contribution in [2.45, 2.75) is 32.6 Å². The Kier molecular flexibility index (Phi) is 4.05. The minimum atomic E-state index is 0.218. The van der Waals surface area contributed by atoms with Crippen LogP contribution in [0, 0.1) is 5.41 Å². The molecule has 17 heavy (non-hydrogen) atoms. The first-order valence-corrected chi connectivity index (χ1v) is 6.83. The molecule has 4 nitrogen and oxygen atoms in total. The maximum atomic E-state index is 11.3. The van der Waals surface area contributed by atoms with Crippen molar-refractivity contribution >= 4 is 5.91 Å². The predicted octanol–water partition coefficient (Wildman–Crippen LogP) is 0.670. The van der Waals surface area contributed by atoms with Gasteiger partial charge in [-0.1, -0.05) is 0 Å². The van der Waals surface area contributed by atoms with Crippen LogP contribution in [0.2, 0.25) is 0 Å². The Morgan fingerprint density at radius 2 is 2.00 bits per heavy atom. The number of carbonyl (C=O) groups is 1. The second kappa shape index (κ2) is 5.36. The van der Waals surface area contributed by atoms with Crippen molar-refractivity contribution in [2.24, 2.45) is 11.1 Å². The summed E-state index contributed by atoms with van der Waals surface area (Å²) in [4.78, 5) is 15.9. The molecule has 2 fully saturated rings. The van der Waals surface area contributed by atoms with Gasteiger partial charge in [0.05, 0.1) is 0 Å². The van der Waals surface area contributed by atoms with E-state index >= 15 is 0 Å². The van der Waals surface area contributed by atoms with Gasteiger partial charge in [0.2, 0.25) is 5.91 Å². The van der Waals surface area contributed by atoms with Gasteiger partial charge in [0.25, 0.3) is 0 Å². The van der Waals surface area contributed by atoms with Crippen LogP contribution in [0.25, 0.3) is 0 Å². The summed E-state index contributed by atoms with van der Waals surface area (Å²) < 4.78 is 0. The number of hydrogen-bond acceptors (Lipinski definition) is 3. The highest BCUT2D eigenvalue weighted by molar-refractivity contribution is 5.73. The Morgan fingerprint density at radius 3 is 2.59 bits per heavy atom. The SMILES string of the molecule is CC(=O)N1CCCN(CC2(CCN)CC2)CC1. The van der Waals surface area contributed by atoms with Crippen molar-refractivity contribution in [3.05, 3.63) is 0 Å². The molecule has 2 rings (SSSR count). The van der Waals surface area contributed by atoms with Crippen LogP contribution in [0.3, 0.4) is 0 Å². The monoisotopic (exact) mass is 239 g/mol. The van der Waals surface area contributed by atoms with E-state index in [0.29, 0.717) is 5.41 Å². The molecule has 1 aliphatic carbocycles. The number of nitrogens with zero attached hydrogens (tertiary/aromatic N) is 2. The molecule has 0 radical (unpaired) electrons. The highest BCUT2D eigenvalue weighted by Crippen LogP contribution is 2.49. The molecule has 1 saturated heterocycles. The van der Waals surface area contributed by atoms with Crippen LogP contribution in [-0.2, 0) is 4.79 Å². The molecule has 4 heteroatoms. The van der Waals surface area contributed by atoms with E-state index in [-0.39, 0.29) is 5.91 Å². The number of rotatable bonds is 4. The first kappa shape index (κ1) is 12.8. The van der Waals surface area contributed by atoms with Crippen LogP contribution in [-0.4, -0.2) is 55.0 Å². The fourth-order valence-corrected chi connectivity index (χ4v) is 2.89. The molecular weight excluding hydrogens is 214 g/mol. The van der Waals surface area contributed by atoms with Gasteiger partial charge in [-0.2, -0.15) is 0 Å². The molecule has 1 aliphatic heterocycles. The van der Waals surface area contributed by atoms with E-state index in [2.05, 4.69) is 4.90 Å². The van der Waals surface area contributed by atoms with E-state index in [4.69, 9.17) is 5.73 Å². The lowest BCUT2D eigenvalue weighted by molar-refractivity contribution is -0.128. The van der Waals surface area contributed by atoms with E-state index in [1.807, 2.05) is 4.90 Å². The van der Waals surface area contributed by atoms with Gasteiger partial charge in [0.15, 0.2) is 0 Å². The lowest BCUT2D eigenvalue weighted by Gasteiger charge is -2.26. The van der Waals surface area contributed by atoms with Crippen molar-refractivity contribution in [3.63, 3.8) is 0 Å². The highest BCUT2D eigenvalue weighted by atomic mass is 16.2. The minimum Gasteiger partial charge on any atom is -0.342 e. The van der Waals surface area contributed by atoms with Gasteiger partial charge in [0.1, 0.15) is 0 Å². The Hall–Kier alpha value is -0.610. The van der Waals surface area contributed by atoms with Crippen LogP contribution in [0.15, 0.2) is 0 Å². The quantitative estimate of drug-likeness (QED) is 0.784. The summed E-state index contributed by atoms with van der Waals surface area (Å²) >= 11 is 0. The van der Waals surface area contributed by atoms with Crippen molar-refractivity contribution < 1.29 is 4.79 Å². The summed E-state index contributed by atoms with van der Waals surface area (Å²) in [5.74, 6) is 0.218. The molecule has 0 aromatic heterocycles. The highest BCUT2D eigenvalue weighted by Gasteiger charge is 2.42. The maximum Gasteiger partial charge on any atom is 0.219 e. The van der Waals surface area contributed by atoms with Crippen LogP contribution < -0.4 is 5.73 Å². The number of hydrogen-bond donors (Lipinski definition) is 1. The van der Waals surface area contributed by atoms with Crippen LogP contribution in [0.5, 0.6) is 0 Å². The zero-order chi connectivity index (χ0) is 12.3. The van der Waals surface area contributed by atoms with Gasteiger partial charge in [-0.05, 0) is 44.2 Å². The zero-order valence-corrected chi connectivity index (χ0v) is 11.0. The standard InChI is InChI=1S/C13H25N3O/c1-12(17)16-8-2-7-15(9-10-16)11-13(3-4-13)5-6-14/h2-11,14H2,1H3. The van der Waals surface area contributed by atoms with Gasteiger partial charge in [-0.25, -0.2) is 0 Å². The normalized spacial score (nSPS) is 24.5. The summed E-state index contributed by atoms with van der Waals surface area (Å²) in [6.07, 6.45) is 4.96. The Bertz CT molecular complexity index is 276. The van der Waals surface area contributed by atoms with Crippen LogP contribution in [0.1, 0.15) is 32.6 Å². The fraction of sp³-hybridized carbons (Fsp3) is 0.923. The summed E-state index contributed by atoms with van der Waals surface area (Å²) in [5, 5.41) is 0. The first-order valence-electron chi connectivity index (χ1n) is 6.83. The molecule has 0 spiro atoms. The molecule has 2 aliphatic rings. The lowest BCUT2D eigenvalue weighted by atomic mass is 10.0. The summed E-state index contributed by atoms with van der Waals surface area (Å²) in [6, 6.07) is 0. The third-order valence-corrected chi connectivity index (χ3v) is 4.22. The number of carbonyl (C=O) groups excluding carboxylic acids is 1. The molecule has 0 aromatic rings. The van der Waals surface area contributed by atoms with Crippen molar-refractivity contribution in [3.8, 4) is 0 Å². The molecule has 98 valence electrons. The molecule has 0 bridgehead atoms. The summed E-state index contributed by atoms with van der Waals surface area (Å²) in [6.45, 7) is 7.67. The Balaban J connectivity index is 1.81. The zero-order valence-electron chi connectivity index (χ0n) is 11.0. The smallest absolute Gasteiger partial charge is 0.219 e. The van der Waals surface area contributed by atoms with Gasteiger partial charge in [-0.15, -0.1) is 0 Å². The van der Waals surface area contributed by atoms with Gasteiger partial charge >= 0.3 is 0 Å². The van der Waals surface area contributed by atoms with Gasteiger partial charge < -0.3 is 15.5 Å². The molecule has 2 N–H and O–H groups in total. The second-order valence-corrected chi connectivity index (χ2v) is 5.67. The third-order valence-electron chi connectivity index (χ3n) is 4.22. The molecule has 1 heterocycles. The van der Waals surface area contributed by atoms with Crippen molar-refractivity contribution in [1.82, 2.24) is 9.80 Å². The Morgan fingerprint density at radius 1 is 1.24 bits per heavy atom. The Labute approximate surface area is 104 Å². The molecule has 0 aromatic carbocycles. The number of nitrogens with two attached hydrogens (primary N) is 1. The molecule has 0 atom stereocenters. The third kappa shape index (κ3) is 3.42. The van der Waals surface area contributed by atoms with Crippen molar-refractivity contribution in [2.75, 3.05) is 39.3 Å². The summed E-state index contributed by atoms with van der Waals surface area (Å²) in [7, 11) is 0. The first-order chi connectivity index (χ1) is 8.15. The predicted molar refractivity (Wildman–Crippen MR) is 68.6 cm³/mol. The van der Waals surface area contributed by atoms with E-state index in [9.17, 15) is 4.79 Å². The number of amides is 1. The average Bonchev–Trinajstić information content (AvgIpc) is 3.04. The van der Waals surface area contributed by atoms with Gasteiger partial charge in [-0.3, -0.25) is 4.79 Å². The minimum absolute atomic E-state index is 0.218. The van der Waals surface area contributed by atoms with Crippen LogP contribution >= 0.6 is 0 Å². The maximum absolute atomic E-state index is 11.3. The average molecular weight is 239 g/mol. The van der Waals surface area contributed by atoms with E-state index in [1.54, 1.807) is 6.92 Å². The fourth-order valence-electron chi connectivity index (χ4n) is 2.89. The topological polar surface area (TPSA) is 49.6 Å². The molecule has 1 saturated carbocycles. The van der Waals surface area contributed by atoms with Crippen LogP contribution in [0.4, 0.5) is 0 Å². The lowest BCUT2D eigenvalue weighted by Crippen LogP contribution is -2.36. The van der Waals surface area contributed by atoms with E-state index in [1.165, 1.54) is 25.8 Å².